The summed E-state index contributed by atoms with van der Waals surface area (Å²) in [5.41, 5.74) is 15.6. The van der Waals surface area contributed by atoms with Crippen LogP contribution in [0.25, 0.3) is 280 Å². The molecule has 2 atom stereocenters. The van der Waals surface area contributed by atoms with Crippen molar-refractivity contribution in [1.82, 2.24) is 0 Å². The van der Waals surface area contributed by atoms with Crippen molar-refractivity contribution in [1.29, 1.82) is 0 Å². The molecule has 0 N–H and O–H groups in total. The number of aryl methyl sites for hydroxylation is 2. The van der Waals surface area contributed by atoms with Gasteiger partial charge in [0.2, 0.25) is 0 Å². The molecular formula is C76H18. The van der Waals surface area contributed by atoms with Crippen LogP contribution in [0.15, 0.2) is 48.5 Å². The third-order valence-corrected chi connectivity index (χ3v) is 26.7. The summed E-state index contributed by atoms with van der Waals surface area (Å²) in [7, 11) is 0. The highest BCUT2D eigenvalue weighted by molar-refractivity contribution is 6.81. The van der Waals surface area contributed by atoms with Crippen molar-refractivity contribution in [3.8, 4) is 0 Å². The van der Waals surface area contributed by atoms with E-state index in [1.807, 2.05) is 0 Å². The van der Waals surface area contributed by atoms with Gasteiger partial charge in [-0.1, -0.05) is 59.7 Å². The summed E-state index contributed by atoms with van der Waals surface area (Å²) in [6, 6.07) is 19.8. The SMILES string of the molecule is Cc1cccc(CC23c4c5c6c7c8c9c%10c%11c(c2c2c%12c3c3c%13c4c6c4c6c%13c%13c3c3c%12c%12c%14c2c%11c2c%11c%10c%10c8c8c7c4c4c6c6c%13c7c3c%12c3c(c%142)c2c%11c%10c%10c8c4c4c%10c2c3c7c64)C59Cc2cccc(C)c2)c1. The predicted octanol–water partition coefficient (Wildman–Crippen LogP) is 20.1. The van der Waals surface area contributed by atoms with Gasteiger partial charge in [0.1, 0.15) is 0 Å². The van der Waals surface area contributed by atoms with Gasteiger partial charge in [0.05, 0.1) is 10.8 Å². The molecule has 0 aliphatic heterocycles. The van der Waals surface area contributed by atoms with Crippen molar-refractivity contribution < 1.29 is 0 Å². The lowest BCUT2D eigenvalue weighted by Crippen LogP contribution is -2.45. The van der Waals surface area contributed by atoms with Crippen molar-refractivity contribution in [3.63, 3.8) is 0 Å². The van der Waals surface area contributed by atoms with Crippen LogP contribution in [0.4, 0.5) is 0 Å². The minimum Gasteiger partial charge on any atom is -0.0617 e. The van der Waals surface area contributed by atoms with Gasteiger partial charge in [-0.15, -0.1) is 0 Å². The van der Waals surface area contributed by atoms with E-state index in [9.17, 15) is 0 Å². The first-order valence-corrected chi connectivity index (χ1v) is 28.6. The van der Waals surface area contributed by atoms with Gasteiger partial charge in [0.15, 0.2) is 0 Å². The second kappa shape index (κ2) is 7.02. The quantitative estimate of drug-likeness (QED) is 0.154. The third kappa shape index (κ3) is 1.72. The topological polar surface area (TPSA) is 0 Å². The molecule has 29 aromatic rings. The number of benzene rings is 19. The number of hydrogen-bond acceptors (Lipinski definition) is 0. The standard InChI is InChI=1S/C76H18/c1-13-5-3-7-15(9-13)11-75-69-61-52-45-32-25-19-20-22-18-17-21(19)30(32)36-34-23(17)27-24(18)35-37-31(22)33-26(20)29-28(25)39-47-40(29)49-46(33)53-51(37)55-42(35)44-38(27)43-41(34)54(50(36)52)65(69)67-56(43)57(44)68-66(55)70-62(53)59(49)64-60(47)63(58(61)48(39)45)71(75)72(64)76(70,74(68)73(67)75)12-16-8-4-6-14(2)10-16/h3-10H,11-12H2,1-2H3. The second-order valence-corrected chi connectivity index (χ2v) is 27.9. The van der Waals surface area contributed by atoms with E-state index in [1.54, 1.807) is 313 Å². The van der Waals surface area contributed by atoms with Crippen molar-refractivity contribution in [3.05, 3.63) is 104 Å². The van der Waals surface area contributed by atoms with Crippen LogP contribution < -0.4 is 0 Å². The van der Waals surface area contributed by atoms with Crippen LogP contribution in [0.5, 0.6) is 0 Å². The molecule has 0 aromatic heterocycles. The molecule has 0 saturated heterocycles. The third-order valence-electron chi connectivity index (χ3n) is 26.7. The highest BCUT2D eigenvalue weighted by Crippen LogP contribution is 2.84. The van der Waals surface area contributed by atoms with Crippen LogP contribution in [0, 0.1) is 13.8 Å². The number of rotatable bonds is 4. The lowest BCUT2D eigenvalue weighted by molar-refractivity contribution is 0.538. The molecule has 0 bridgehead atoms. The van der Waals surface area contributed by atoms with Crippen LogP contribution in [-0.4, -0.2) is 0 Å². The molecule has 29 aromatic carbocycles. The Hall–Kier alpha value is -9.10. The molecule has 5 aliphatic rings. The highest BCUT2D eigenvalue weighted by Gasteiger charge is 2.66. The zero-order valence-electron chi connectivity index (χ0n) is 40.0. The summed E-state index contributed by atoms with van der Waals surface area (Å²) in [6.45, 7) is 4.70. The summed E-state index contributed by atoms with van der Waals surface area (Å²) >= 11 is 0. The van der Waals surface area contributed by atoms with Crippen LogP contribution in [0.3, 0.4) is 0 Å². The molecule has 0 saturated carbocycles. The van der Waals surface area contributed by atoms with Gasteiger partial charge in [-0.05, 0) is 351 Å². The van der Waals surface area contributed by atoms with Crippen LogP contribution in [0.1, 0.15) is 55.6 Å². The van der Waals surface area contributed by atoms with E-state index in [1.165, 1.54) is 22.3 Å². The molecule has 2 unspecified atom stereocenters. The molecule has 76 heavy (non-hydrogen) atoms. The van der Waals surface area contributed by atoms with Gasteiger partial charge in [0, 0.05) is 0 Å². The summed E-state index contributed by atoms with van der Waals surface area (Å²) < 4.78 is 0. The summed E-state index contributed by atoms with van der Waals surface area (Å²) in [6.07, 6.45) is 2.01. The molecule has 0 heterocycles. The van der Waals surface area contributed by atoms with Gasteiger partial charge in [0.25, 0.3) is 0 Å². The normalized spacial score (nSPS) is 21.0. The smallest absolute Gasteiger partial charge is 0.0523 e. The first-order chi connectivity index (χ1) is 37.7. The fourth-order valence-corrected chi connectivity index (χ4v) is 26.3. The molecule has 0 amide bonds. The van der Waals surface area contributed by atoms with E-state index in [-0.39, 0.29) is 10.8 Å². The second-order valence-electron chi connectivity index (χ2n) is 27.9. The summed E-state index contributed by atoms with van der Waals surface area (Å²) in [5, 5.41) is 86.7. The van der Waals surface area contributed by atoms with Crippen LogP contribution in [-0.2, 0) is 23.7 Å². The van der Waals surface area contributed by atoms with Gasteiger partial charge < -0.3 is 0 Å². The van der Waals surface area contributed by atoms with E-state index < -0.39 is 0 Å². The minimum atomic E-state index is -0.342. The van der Waals surface area contributed by atoms with E-state index in [0.717, 1.165) is 12.8 Å². The molecule has 34 rings (SSSR count). The maximum atomic E-state index is 2.60. The average Bonchev–Trinajstić information content (AvgIpc) is 1.54. The zero-order valence-corrected chi connectivity index (χ0v) is 40.0. The Morgan fingerprint density at radius 1 is 0.197 bits per heavy atom. The van der Waals surface area contributed by atoms with Crippen molar-refractivity contribution in [2.45, 2.75) is 37.5 Å². The van der Waals surface area contributed by atoms with Gasteiger partial charge >= 0.3 is 0 Å². The average molecular weight is 931 g/mol. The van der Waals surface area contributed by atoms with Crippen molar-refractivity contribution in [2.24, 2.45) is 0 Å². The van der Waals surface area contributed by atoms with Gasteiger partial charge in [-0.25, -0.2) is 0 Å². The molecule has 0 heteroatoms. The zero-order chi connectivity index (χ0) is 45.9. The molecule has 5 aliphatic carbocycles. The molecule has 0 fully saturated rings. The molecule has 0 spiro atoms. The van der Waals surface area contributed by atoms with Gasteiger partial charge in [-0.3, -0.25) is 0 Å². The molecule has 322 valence electrons. The lowest BCUT2D eigenvalue weighted by Gasteiger charge is -2.49. The van der Waals surface area contributed by atoms with Crippen LogP contribution >= 0.6 is 0 Å². The molecular weight excluding hydrogens is 913 g/mol. The molecule has 0 nitrogen and oxygen atoms in total. The Balaban J connectivity index is 1.11. The monoisotopic (exact) mass is 930 g/mol. The highest BCUT2D eigenvalue weighted by atomic mass is 14.7. The summed E-state index contributed by atoms with van der Waals surface area (Å²) in [4.78, 5) is 0. The van der Waals surface area contributed by atoms with Crippen molar-refractivity contribution >= 4 is 280 Å². The fraction of sp³-hybridized carbons (Fsp3) is 0.0789. The van der Waals surface area contributed by atoms with Gasteiger partial charge in [-0.2, -0.15) is 0 Å². The first-order valence-electron chi connectivity index (χ1n) is 28.6. The predicted molar refractivity (Wildman–Crippen MR) is 322 cm³/mol. The largest absolute Gasteiger partial charge is 0.0617 e. The maximum absolute atomic E-state index is 2.60. The number of hydrogen-bond donors (Lipinski definition) is 0. The Morgan fingerprint density at radius 3 is 0.566 bits per heavy atom. The Labute approximate surface area is 419 Å². The maximum Gasteiger partial charge on any atom is 0.0523 e. The summed E-state index contributed by atoms with van der Waals surface area (Å²) in [5.74, 6) is 0. The minimum absolute atomic E-state index is 0.342. The van der Waals surface area contributed by atoms with E-state index in [0.29, 0.717) is 0 Å². The van der Waals surface area contributed by atoms with Crippen molar-refractivity contribution in [2.75, 3.05) is 0 Å². The van der Waals surface area contributed by atoms with E-state index >= 15 is 0 Å². The first kappa shape index (κ1) is 29.7. The van der Waals surface area contributed by atoms with E-state index in [4.69, 9.17) is 0 Å². The Morgan fingerprint density at radius 2 is 0.355 bits per heavy atom. The molecule has 0 radical (unpaired) electrons. The fourth-order valence-electron chi connectivity index (χ4n) is 26.3. The Kier molecular flexibility index (Phi) is 2.74. The Bertz CT molecular complexity index is 7410. The van der Waals surface area contributed by atoms with Crippen LogP contribution in [0.2, 0.25) is 0 Å². The lowest BCUT2D eigenvalue weighted by atomic mass is 9.51. The van der Waals surface area contributed by atoms with E-state index in [2.05, 4.69) is 62.4 Å².